The van der Waals surface area contributed by atoms with E-state index in [2.05, 4.69) is 28.2 Å². The van der Waals surface area contributed by atoms with Gasteiger partial charge in [-0.15, -0.1) is 17.7 Å². The van der Waals surface area contributed by atoms with E-state index < -0.39 is 27.5 Å². The summed E-state index contributed by atoms with van der Waals surface area (Å²) < 4.78 is 29.2. The van der Waals surface area contributed by atoms with Gasteiger partial charge in [0.15, 0.2) is 11.2 Å². The van der Waals surface area contributed by atoms with Crippen molar-refractivity contribution in [2.45, 2.75) is 38.1 Å². The number of hydrogen-bond acceptors (Lipinski definition) is 7. The van der Waals surface area contributed by atoms with Crippen LogP contribution >= 0.6 is 12.6 Å². The van der Waals surface area contributed by atoms with Crippen LogP contribution in [0.4, 0.5) is 0 Å². The second kappa shape index (κ2) is 7.33. The zero-order valence-corrected chi connectivity index (χ0v) is 16.1. The van der Waals surface area contributed by atoms with E-state index in [-0.39, 0.29) is 12.4 Å². The molecule has 0 saturated carbocycles. The van der Waals surface area contributed by atoms with E-state index in [0.29, 0.717) is 18.5 Å². The molecule has 1 saturated heterocycles. The van der Waals surface area contributed by atoms with Crippen LogP contribution in [0, 0.1) is 0 Å². The quantitative estimate of drug-likeness (QED) is 0.736. The third-order valence-corrected chi connectivity index (χ3v) is 6.83. The van der Waals surface area contributed by atoms with E-state index in [1.54, 1.807) is 19.1 Å². The third kappa shape index (κ3) is 2.99. The highest BCUT2D eigenvalue weighted by molar-refractivity contribution is 7.89. The van der Waals surface area contributed by atoms with Crippen LogP contribution in [0.1, 0.15) is 37.9 Å². The predicted octanol–water partition coefficient (Wildman–Crippen LogP) is 1.17. The van der Waals surface area contributed by atoms with Gasteiger partial charge in [0.25, 0.3) is 5.91 Å². The van der Waals surface area contributed by atoms with E-state index in [1.165, 1.54) is 8.99 Å². The smallest absolute Gasteiger partial charge is 0.272 e. The van der Waals surface area contributed by atoms with Crippen molar-refractivity contribution in [3.8, 4) is 5.69 Å². The average Bonchev–Trinajstić information content (AvgIpc) is 3.17. The van der Waals surface area contributed by atoms with Crippen LogP contribution in [0.25, 0.3) is 5.69 Å². The Morgan fingerprint density at radius 2 is 1.92 bits per heavy atom. The van der Waals surface area contributed by atoms with Crippen molar-refractivity contribution in [2.75, 3.05) is 6.54 Å². The predicted molar refractivity (Wildman–Crippen MR) is 97.7 cm³/mol. The maximum Gasteiger partial charge on any atom is 0.308 e. The molecule has 0 N–H and O–H groups in total. The van der Waals surface area contributed by atoms with E-state index in [1.807, 2.05) is 25.1 Å². The molecule has 1 aromatic heterocycles. The van der Waals surface area contributed by atoms with Gasteiger partial charge in [-0.25, -0.2) is 4.31 Å². The van der Waals surface area contributed by atoms with Gasteiger partial charge in [0.2, 0.25) is 0 Å². The summed E-state index contributed by atoms with van der Waals surface area (Å²) in [5.74, 6) is -0.346. The Kier molecular flexibility index (Phi) is 5.30. The Labute approximate surface area is 157 Å². The lowest BCUT2D eigenvalue weighted by molar-refractivity contribution is -0.128. The van der Waals surface area contributed by atoms with Crippen molar-refractivity contribution in [1.82, 2.24) is 28.8 Å². The summed E-state index contributed by atoms with van der Waals surface area (Å²) in [5, 5.41) is 10.3. The highest BCUT2D eigenvalue weighted by Gasteiger charge is 2.52. The molecule has 1 aliphatic rings. The topological polar surface area (TPSA) is 101 Å². The fourth-order valence-corrected chi connectivity index (χ4v) is 5.44. The molecule has 0 aliphatic carbocycles. The van der Waals surface area contributed by atoms with Gasteiger partial charge in [-0.05, 0) is 29.0 Å². The van der Waals surface area contributed by atoms with Crippen LogP contribution < -0.4 is 0 Å². The molecule has 2 heterocycles. The molecule has 2 atom stereocenters. The monoisotopic (exact) mass is 396 g/mol. The van der Waals surface area contributed by atoms with Crippen molar-refractivity contribution < 1.29 is 13.2 Å². The molecular weight excluding hydrogens is 376 g/mol. The van der Waals surface area contributed by atoms with Gasteiger partial charge in [0.05, 0.1) is 5.69 Å². The fraction of sp³-hybridized carbons (Fsp3) is 0.467. The molecule has 0 radical (unpaired) electrons. The third-order valence-electron chi connectivity index (χ3n) is 4.22. The van der Waals surface area contributed by atoms with Gasteiger partial charge < -0.3 is 0 Å². The van der Waals surface area contributed by atoms with Crippen LogP contribution in [0.5, 0.6) is 0 Å². The summed E-state index contributed by atoms with van der Waals surface area (Å²) in [5.41, 5.74) is 0.646. The lowest BCUT2D eigenvalue weighted by Crippen LogP contribution is -2.36. The Morgan fingerprint density at radius 3 is 2.54 bits per heavy atom. The molecule has 1 amide bonds. The van der Waals surface area contributed by atoms with Crippen LogP contribution in [0.15, 0.2) is 30.3 Å². The maximum atomic E-state index is 12.9. The summed E-state index contributed by atoms with van der Waals surface area (Å²) in [6.07, 6.45) is 1.14. The fourth-order valence-electron chi connectivity index (χ4n) is 3.04. The van der Waals surface area contributed by atoms with Crippen molar-refractivity contribution in [3.05, 3.63) is 36.2 Å². The molecule has 0 bridgehead atoms. The van der Waals surface area contributed by atoms with Gasteiger partial charge in [-0.2, -0.15) is 17.4 Å². The van der Waals surface area contributed by atoms with Gasteiger partial charge >= 0.3 is 10.2 Å². The number of rotatable bonds is 6. The van der Waals surface area contributed by atoms with Crippen molar-refractivity contribution in [3.63, 3.8) is 0 Å². The van der Waals surface area contributed by atoms with E-state index >= 15 is 0 Å². The summed E-state index contributed by atoms with van der Waals surface area (Å²) in [7, 11) is -3.99. The number of nitrogens with zero attached hydrogens (tertiary/aromatic N) is 6. The minimum Gasteiger partial charge on any atom is -0.272 e. The van der Waals surface area contributed by atoms with Crippen LogP contribution in [-0.2, 0) is 15.0 Å². The summed E-state index contributed by atoms with van der Waals surface area (Å²) in [6, 6.07) is 8.29. The van der Waals surface area contributed by atoms with E-state index in [4.69, 9.17) is 0 Å². The van der Waals surface area contributed by atoms with Crippen molar-refractivity contribution >= 4 is 28.7 Å². The number of carbonyl (C=O) groups excluding carboxylic acids is 1. The normalized spacial score (nSPS) is 21.3. The Balaban J connectivity index is 2.02. The zero-order chi connectivity index (χ0) is 18.9. The number of benzene rings is 1. The first-order valence-corrected chi connectivity index (χ1v) is 10.2. The molecule has 26 heavy (non-hydrogen) atoms. The first-order valence-electron chi connectivity index (χ1n) is 8.30. The first kappa shape index (κ1) is 18.8. The van der Waals surface area contributed by atoms with Gasteiger partial charge in [0.1, 0.15) is 6.04 Å². The van der Waals surface area contributed by atoms with Crippen LogP contribution in [0.2, 0.25) is 0 Å². The zero-order valence-electron chi connectivity index (χ0n) is 14.4. The van der Waals surface area contributed by atoms with Crippen molar-refractivity contribution in [2.24, 2.45) is 0 Å². The Bertz CT molecular complexity index is 886. The van der Waals surface area contributed by atoms with Gasteiger partial charge in [-0.3, -0.25) is 4.79 Å². The summed E-state index contributed by atoms with van der Waals surface area (Å²) in [4.78, 5) is 12.8. The lowest BCUT2D eigenvalue weighted by Gasteiger charge is -2.22. The molecule has 2 unspecified atom stereocenters. The molecule has 1 aliphatic heterocycles. The number of hydrogen-bond donors (Lipinski definition) is 1. The standard InChI is InChI=1S/C15H20N6O3S2/c1-3-8-12-14(22)21(26(23,24)19(12)4-2)15(25)13-16-17-18-20(13)11-9-6-5-7-10-11/h5-7,9-10,12,15,25H,3-4,8H2,1-2H3. The molecule has 9 nitrogen and oxygen atoms in total. The maximum absolute atomic E-state index is 12.9. The average molecular weight is 396 g/mol. The number of tetrazole rings is 1. The highest BCUT2D eigenvalue weighted by atomic mass is 32.2. The molecule has 1 fully saturated rings. The molecule has 3 rings (SSSR count). The molecule has 0 spiro atoms. The van der Waals surface area contributed by atoms with Gasteiger partial charge in [0, 0.05) is 6.54 Å². The van der Waals surface area contributed by atoms with Crippen LogP contribution in [-0.4, -0.2) is 55.7 Å². The summed E-state index contributed by atoms with van der Waals surface area (Å²) in [6.45, 7) is 3.82. The molecular formula is C15H20N6O3S2. The largest absolute Gasteiger partial charge is 0.308 e. The SMILES string of the molecule is CCCC1C(=O)N(C(S)c2nnnn2-c2ccccc2)S(=O)(=O)N1CC. The number of amides is 1. The van der Waals surface area contributed by atoms with E-state index in [0.717, 1.165) is 4.31 Å². The first-order chi connectivity index (χ1) is 12.4. The highest BCUT2D eigenvalue weighted by Crippen LogP contribution is 2.36. The molecule has 11 heteroatoms. The van der Waals surface area contributed by atoms with Crippen molar-refractivity contribution in [1.29, 1.82) is 0 Å². The minimum absolute atomic E-state index is 0.157. The Morgan fingerprint density at radius 1 is 1.23 bits per heavy atom. The molecule has 1 aromatic carbocycles. The summed E-state index contributed by atoms with van der Waals surface area (Å²) >= 11 is 4.40. The number of likely N-dealkylation sites (N-methyl/N-ethyl adjacent to an activating group) is 1. The number of para-hydroxylation sites is 1. The van der Waals surface area contributed by atoms with E-state index in [9.17, 15) is 13.2 Å². The second-order valence-corrected chi connectivity index (χ2v) is 8.05. The number of thiol groups is 1. The lowest BCUT2D eigenvalue weighted by atomic mass is 10.1. The molecule has 140 valence electrons. The number of carbonyl (C=O) groups is 1. The van der Waals surface area contributed by atoms with Crippen LogP contribution in [0.3, 0.4) is 0 Å². The molecule has 2 aromatic rings. The second-order valence-electron chi connectivity index (χ2n) is 5.81. The number of aromatic nitrogens is 4. The Hall–Kier alpha value is -1.98. The minimum atomic E-state index is -3.99. The van der Waals surface area contributed by atoms with Gasteiger partial charge in [-0.1, -0.05) is 38.5 Å².